The van der Waals surface area contributed by atoms with Gasteiger partial charge >= 0.3 is 6.18 Å². The topological polar surface area (TPSA) is 24.9 Å². The quantitative estimate of drug-likeness (QED) is 0.901. The summed E-state index contributed by atoms with van der Waals surface area (Å²) in [5.41, 5.74) is -0.200. The van der Waals surface area contributed by atoms with Crippen molar-refractivity contribution >= 4 is 0 Å². The highest BCUT2D eigenvalue weighted by atomic mass is 19.4. The smallest absolute Gasteiger partial charge is 0.310 e. The Balaban J connectivity index is 2.38. The SMILES string of the molecule is CCNC(c1cnccc1C(F)(F)F)C1CC1(C)C. The van der Waals surface area contributed by atoms with E-state index in [4.69, 9.17) is 0 Å². The molecular weight excluding hydrogens is 253 g/mol. The molecule has 5 heteroatoms. The largest absolute Gasteiger partial charge is 0.416 e. The average molecular weight is 272 g/mol. The Kier molecular flexibility index (Phi) is 3.60. The van der Waals surface area contributed by atoms with Gasteiger partial charge < -0.3 is 5.32 Å². The minimum atomic E-state index is -4.33. The van der Waals surface area contributed by atoms with Crippen LogP contribution in [0.5, 0.6) is 0 Å². The molecule has 1 fully saturated rings. The molecule has 0 aromatic carbocycles. The number of hydrogen-bond donors (Lipinski definition) is 1. The van der Waals surface area contributed by atoms with Crippen molar-refractivity contribution in [3.63, 3.8) is 0 Å². The first-order valence-corrected chi connectivity index (χ1v) is 6.52. The maximum atomic E-state index is 13.1. The molecule has 0 bridgehead atoms. The third-order valence-corrected chi connectivity index (χ3v) is 3.91. The second-order valence-electron chi connectivity index (χ2n) is 5.80. The van der Waals surface area contributed by atoms with E-state index in [1.54, 1.807) is 0 Å². The summed E-state index contributed by atoms with van der Waals surface area (Å²) in [5.74, 6) is 0.234. The average Bonchev–Trinajstić information content (AvgIpc) is 2.94. The van der Waals surface area contributed by atoms with Gasteiger partial charge in [0.05, 0.1) is 5.56 Å². The summed E-state index contributed by atoms with van der Waals surface area (Å²) in [4.78, 5) is 3.88. The van der Waals surface area contributed by atoms with E-state index in [0.29, 0.717) is 6.54 Å². The maximum absolute atomic E-state index is 13.1. The zero-order valence-electron chi connectivity index (χ0n) is 11.4. The van der Waals surface area contributed by atoms with Crippen molar-refractivity contribution < 1.29 is 13.2 Å². The molecule has 1 aliphatic rings. The van der Waals surface area contributed by atoms with Crippen molar-refractivity contribution in [2.75, 3.05) is 6.54 Å². The van der Waals surface area contributed by atoms with Gasteiger partial charge in [0, 0.05) is 18.4 Å². The summed E-state index contributed by atoms with van der Waals surface area (Å²) in [6.45, 7) is 6.73. The molecule has 2 unspecified atom stereocenters. The van der Waals surface area contributed by atoms with Crippen LogP contribution in [0.4, 0.5) is 13.2 Å². The summed E-state index contributed by atoms with van der Waals surface area (Å²) >= 11 is 0. The molecule has 1 N–H and O–H groups in total. The Morgan fingerprint density at radius 1 is 1.47 bits per heavy atom. The number of alkyl halides is 3. The molecule has 1 heterocycles. The van der Waals surface area contributed by atoms with Crippen LogP contribution in [0.3, 0.4) is 0 Å². The third-order valence-electron chi connectivity index (χ3n) is 3.91. The van der Waals surface area contributed by atoms with Gasteiger partial charge in [0.25, 0.3) is 0 Å². The van der Waals surface area contributed by atoms with Crippen molar-refractivity contribution in [2.24, 2.45) is 11.3 Å². The predicted octanol–water partition coefficient (Wildman–Crippen LogP) is 3.80. The van der Waals surface area contributed by atoms with Gasteiger partial charge in [-0.05, 0) is 35.9 Å². The van der Waals surface area contributed by atoms with Crippen molar-refractivity contribution in [1.29, 1.82) is 0 Å². The number of aromatic nitrogens is 1. The number of nitrogens with zero attached hydrogens (tertiary/aromatic N) is 1. The van der Waals surface area contributed by atoms with Gasteiger partial charge in [0.2, 0.25) is 0 Å². The van der Waals surface area contributed by atoms with Crippen molar-refractivity contribution in [3.05, 3.63) is 29.6 Å². The van der Waals surface area contributed by atoms with Crippen LogP contribution in [-0.4, -0.2) is 11.5 Å². The number of hydrogen-bond acceptors (Lipinski definition) is 2. The van der Waals surface area contributed by atoms with E-state index in [0.717, 1.165) is 12.5 Å². The molecule has 1 aliphatic carbocycles. The molecule has 1 aromatic heterocycles. The van der Waals surface area contributed by atoms with E-state index >= 15 is 0 Å². The van der Waals surface area contributed by atoms with Gasteiger partial charge in [-0.1, -0.05) is 20.8 Å². The molecule has 106 valence electrons. The van der Waals surface area contributed by atoms with Gasteiger partial charge in [0.1, 0.15) is 0 Å². The van der Waals surface area contributed by atoms with Crippen LogP contribution in [0.2, 0.25) is 0 Å². The molecule has 1 aromatic rings. The fraction of sp³-hybridized carbons (Fsp3) is 0.643. The molecule has 1 saturated carbocycles. The normalized spacial score (nSPS) is 23.2. The second-order valence-corrected chi connectivity index (χ2v) is 5.80. The van der Waals surface area contributed by atoms with Crippen LogP contribution in [-0.2, 0) is 6.18 Å². The highest BCUT2D eigenvalue weighted by molar-refractivity contribution is 5.31. The number of nitrogens with one attached hydrogen (secondary N) is 1. The molecule has 0 radical (unpaired) electrons. The van der Waals surface area contributed by atoms with Crippen LogP contribution in [0, 0.1) is 11.3 Å². The Labute approximate surface area is 111 Å². The predicted molar refractivity (Wildman–Crippen MR) is 67.5 cm³/mol. The van der Waals surface area contributed by atoms with Crippen LogP contribution in [0.25, 0.3) is 0 Å². The summed E-state index contributed by atoms with van der Waals surface area (Å²) in [7, 11) is 0. The van der Waals surface area contributed by atoms with Gasteiger partial charge in [0.15, 0.2) is 0 Å². The number of pyridine rings is 1. The van der Waals surface area contributed by atoms with E-state index in [1.807, 2.05) is 6.92 Å². The van der Waals surface area contributed by atoms with Crippen LogP contribution >= 0.6 is 0 Å². The zero-order valence-corrected chi connectivity index (χ0v) is 11.4. The minimum Gasteiger partial charge on any atom is -0.310 e. The van der Waals surface area contributed by atoms with Crippen molar-refractivity contribution in [3.8, 4) is 0 Å². The molecule has 2 rings (SSSR count). The fourth-order valence-corrected chi connectivity index (χ4v) is 2.68. The van der Waals surface area contributed by atoms with Gasteiger partial charge in [-0.3, -0.25) is 4.98 Å². The molecule has 0 spiro atoms. The number of halogens is 3. The van der Waals surface area contributed by atoms with Crippen molar-refractivity contribution in [1.82, 2.24) is 10.3 Å². The maximum Gasteiger partial charge on any atom is 0.416 e. The van der Waals surface area contributed by atoms with E-state index in [-0.39, 0.29) is 22.9 Å². The van der Waals surface area contributed by atoms with E-state index in [1.165, 1.54) is 12.4 Å². The second kappa shape index (κ2) is 4.78. The van der Waals surface area contributed by atoms with E-state index in [2.05, 4.69) is 24.1 Å². The first-order chi connectivity index (χ1) is 8.77. The Morgan fingerprint density at radius 3 is 2.58 bits per heavy atom. The third kappa shape index (κ3) is 2.91. The van der Waals surface area contributed by atoms with Crippen LogP contribution in [0.1, 0.15) is 44.4 Å². The van der Waals surface area contributed by atoms with Crippen LogP contribution in [0.15, 0.2) is 18.5 Å². The molecule has 19 heavy (non-hydrogen) atoms. The Morgan fingerprint density at radius 2 is 2.11 bits per heavy atom. The molecular formula is C14H19F3N2. The van der Waals surface area contributed by atoms with Gasteiger partial charge in [-0.25, -0.2) is 0 Å². The number of rotatable bonds is 4. The minimum absolute atomic E-state index is 0.103. The van der Waals surface area contributed by atoms with Gasteiger partial charge in [-0.2, -0.15) is 13.2 Å². The Hall–Kier alpha value is -1.10. The zero-order chi connectivity index (χ0) is 14.3. The molecule has 0 amide bonds. The molecule has 2 nitrogen and oxygen atoms in total. The molecule has 0 aliphatic heterocycles. The van der Waals surface area contributed by atoms with E-state index in [9.17, 15) is 13.2 Å². The lowest BCUT2D eigenvalue weighted by Crippen LogP contribution is -2.27. The highest BCUT2D eigenvalue weighted by Gasteiger charge is 2.51. The monoisotopic (exact) mass is 272 g/mol. The molecule has 2 atom stereocenters. The highest BCUT2D eigenvalue weighted by Crippen LogP contribution is 2.58. The van der Waals surface area contributed by atoms with Crippen LogP contribution < -0.4 is 5.32 Å². The van der Waals surface area contributed by atoms with Gasteiger partial charge in [-0.15, -0.1) is 0 Å². The summed E-state index contributed by atoms with van der Waals surface area (Å²) in [6.07, 6.45) is -0.834. The molecule has 0 saturated heterocycles. The summed E-state index contributed by atoms with van der Waals surface area (Å²) in [6, 6.07) is 0.792. The van der Waals surface area contributed by atoms with Crippen molar-refractivity contribution in [2.45, 2.75) is 39.4 Å². The lowest BCUT2D eigenvalue weighted by molar-refractivity contribution is -0.138. The lowest BCUT2D eigenvalue weighted by atomic mass is 9.94. The summed E-state index contributed by atoms with van der Waals surface area (Å²) in [5, 5.41) is 3.19. The first kappa shape index (κ1) is 14.3. The lowest BCUT2D eigenvalue weighted by Gasteiger charge is -2.23. The van der Waals surface area contributed by atoms with E-state index < -0.39 is 11.7 Å². The summed E-state index contributed by atoms with van der Waals surface area (Å²) < 4.78 is 39.2. The Bertz CT molecular complexity index is 454. The standard InChI is InChI=1S/C14H19F3N2/c1-4-19-12(11-7-13(11,2)3)9-8-18-6-5-10(9)14(15,16)17/h5-6,8,11-12,19H,4,7H2,1-3H3. The fourth-order valence-electron chi connectivity index (χ4n) is 2.68. The first-order valence-electron chi connectivity index (χ1n) is 6.52.